The van der Waals surface area contributed by atoms with Crippen LogP contribution >= 0.6 is 11.7 Å². The molecule has 0 amide bonds. The van der Waals surface area contributed by atoms with Crippen LogP contribution in [0.1, 0.15) is 99.6 Å². The van der Waals surface area contributed by atoms with Crippen LogP contribution in [0.4, 0.5) is 34.1 Å². The summed E-state index contributed by atoms with van der Waals surface area (Å²) in [7, 11) is 0. The van der Waals surface area contributed by atoms with Crippen molar-refractivity contribution in [3.8, 4) is 33.4 Å². The Balaban J connectivity index is 0.929. The van der Waals surface area contributed by atoms with E-state index in [0.717, 1.165) is 80.3 Å². The molecule has 0 aliphatic carbocycles. The fourth-order valence-corrected chi connectivity index (χ4v) is 10.8. The zero-order valence-corrected chi connectivity index (χ0v) is 43.7. The maximum Gasteiger partial charge on any atom is 0.113 e. The van der Waals surface area contributed by atoms with Crippen molar-refractivity contribution in [2.45, 2.75) is 85.5 Å². The lowest BCUT2D eigenvalue weighted by molar-refractivity contribution is 0.512. The van der Waals surface area contributed by atoms with Gasteiger partial charge in [0.2, 0.25) is 0 Å². The Morgan fingerprint density at radius 3 is 1.03 bits per heavy atom. The summed E-state index contributed by atoms with van der Waals surface area (Å²) in [5.41, 5.74) is 23.1. The largest absolute Gasteiger partial charge is 0.311 e. The first-order valence-corrected chi connectivity index (χ1v) is 26.3. The van der Waals surface area contributed by atoms with Crippen LogP contribution in [0.5, 0.6) is 0 Å². The zero-order valence-electron chi connectivity index (χ0n) is 42.9. The Morgan fingerprint density at radius 1 is 0.389 bits per heavy atom. The summed E-state index contributed by atoms with van der Waals surface area (Å²) in [4.78, 5) is 4.68. The SMILES string of the molecule is CCCC(C)(c1ccc(C)cc1)c1ccc(-c2ccc(N(c3ccc(-c4ccc(-c5ccc(N(c6ccc(C)cc6)c6ccc(C(C)C)cc6)cc5)c5nsnc45)cc3)c3ccc(C(C)C)cc3)cc2)cc1. The van der Waals surface area contributed by atoms with Crippen molar-refractivity contribution in [2.24, 2.45) is 0 Å². The average molecular weight is 957 g/mol. The Bertz CT molecular complexity index is 3390. The molecule has 0 saturated carbocycles. The molecule has 1 atom stereocenters. The number of aromatic nitrogens is 2. The Labute approximate surface area is 431 Å². The second-order valence-corrected chi connectivity index (χ2v) is 20.8. The van der Waals surface area contributed by atoms with Crippen molar-refractivity contribution in [1.82, 2.24) is 8.75 Å². The molecule has 9 aromatic carbocycles. The molecule has 0 radical (unpaired) electrons. The van der Waals surface area contributed by atoms with Gasteiger partial charge in [-0.15, -0.1) is 0 Å². The smallest absolute Gasteiger partial charge is 0.113 e. The summed E-state index contributed by atoms with van der Waals surface area (Å²) in [6.45, 7) is 17.9. The normalized spacial score (nSPS) is 12.4. The minimum Gasteiger partial charge on any atom is -0.311 e. The quantitative estimate of drug-likeness (QED) is 0.102. The van der Waals surface area contributed by atoms with E-state index in [1.165, 1.54) is 56.2 Å². The highest BCUT2D eigenvalue weighted by Gasteiger charge is 2.28. The van der Waals surface area contributed by atoms with Crippen molar-refractivity contribution in [2.75, 3.05) is 9.80 Å². The monoisotopic (exact) mass is 956 g/mol. The van der Waals surface area contributed by atoms with E-state index in [1.54, 1.807) is 0 Å². The van der Waals surface area contributed by atoms with Gasteiger partial charge in [-0.3, -0.25) is 0 Å². The zero-order chi connectivity index (χ0) is 49.9. The number of aryl methyl sites for hydroxylation is 2. The molecule has 358 valence electrons. The molecule has 10 rings (SSSR count). The van der Waals surface area contributed by atoms with E-state index in [2.05, 4.69) is 271 Å². The maximum atomic E-state index is 4.89. The summed E-state index contributed by atoms with van der Waals surface area (Å²) in [6, 6.07) is 76.2. The van der Waals surface area contributed by atoms with Crippen LogP contribution in [0, 0.1) is 13.8 Å². The molecule has 10 aromatic rings. The Kier molecular flexibility index (Phi) is 13.8. The molecule has 4 nitrogen and oxygen atoms in total. The maximum absolute atomic E-state index is 4.89. The van der Waals surface area contributed by atoms with Crippen LogP contribution in [0.3, 0.4) is 0 Å². The van der Waals surface area contributed by atoms with Crippen molar-refractivity contribution in [3.63, 3.8) is 0 Å². The van der Waals surface area contributed by atoms with E-state index >= 15 is 0 Å². The van der Waals surface area contributed by atoms with Crippen LogP contribution in [-0.2, 0) is 5.41 Å². The van der Waals surface area contributed by atoms with Gasteiger partial charge in [0.1, 0.15) is 11.0 Å². The highest BCUT2D eigenvalue weighted by atomic mass is 32.1. The number of rotatable bonds is 15. The van der Waals surface area contributed by atoms with E-state index in [9.17, 15) is 0 Å². The summed E-state index contributed by atoms with van der Waals surface area (Å²) < 4.78 is 9.78. The molecule has 1 aromatic heterocycles. The number of benzene rings is 9. The molecule has 0 bridgehead atoms. The predicted molar refractivity (Wildman–Crippen MR) is 309 cm³/mol. The van der Waals surface area contributed by atoms with E-state index in [0.29, 0.717) is 11.8 Å². The predicted octanol–water partition coefficient (Wildman–Crippen LogP) is 19.6. The first kappa shape index (κ1) is 48.0. The molecule has 0 aliphatic heterocycles. The molecule has 1 unspecified atom stereocenters. The van der Waals surface area contributed by atoms with Gasteiger partial charge in [0.25, 0.3) is 0 Å². The third kappa shape index (κ3) is 9.74. The van der Waals surface area contributed by atoms with Gasteiger partial charge in [-0.2, -0.15) is 8.75 Å². The van der Waals surface area contributed by atoms with E-state index in [1.807, 2.05) is 0 Å². The van der Waals surface area contributed by atoms with Crippen molar-refractivity contribution in [1.29, 1.82) is 0 Å². The molecule has 0 spiro atoms. The highest BCUT2D eigenvalue weighted by Crippen LogP contribution is 2.42. The minimum atomic E-state index is -0.0425. The average Bonchev–Trinajstić information content (AvgIpc) is 3.91. The minimum absolute atomic E-state index is 0.0425. The highest BCUT2D eigenvalue weighted by molar-refractivity contribution is 7.00. The fourth-order valence-electron chi connectivity index (χ4n) is 10.2. The van der Waals surface area contributed by atoms with Crippen LogP contribution in [-0.4, -0.2) is 8.75 Å². The van der Waals surface area contributed by atoms with E-state index < -0.39 is 0 Å². The lowest BCUT2D eigenvalue weighted by Crippen LogP contribution is -2.23. The van der Waals surface area contributed by atoms with Crippen molar-refractivity contribution < 1.29 is 0 Å². The van der Waals surface area contributed by atoms with Gasteiger partial charge < -0.3 is 9.80 Å². The number of nitrogens with zero attached hydrogens (tertiary/aromatic N) is 4. The second kappa shape index (κ2) is 20.6. The molecule has 5 heteroatoms. The fraction of sp³-hybridized carbons (Fsp3) is 0.194. The molecule has 72 heavy (non-hydrogen) atoms. The number of anilines is 6. The van der Waals surface area contributed by atoms with Crippen molar-refractivity contribution >= 4 is 56.9 Å². The van der Waals surface area contributed by atoms with Crippen LogP contribution in [0.15, 0.2) is 206 Å². The lowest BCUT2D eigenvalue weighted by atomic mass is 9.73. The molecule has 1 heterocycles. The number of hydrogen-bond acceptors (Lipinski definition) is 5. The van der Waals surface area contributed by atoms with Gasteiger partial charge >= 0.3 is 0 Å². The van der Waals surface area contributed by atoms with Crippen LogP contribution in [0.25, 0.3) is 44.4 Å². The van der Waals surface area contributed by atoms with Crippen LogP contribution in [0.2, 0.25) is 0 Å². The van der Waals surface area contributed by atoms with E-state index in [-0.39, 0.29) is 5.41 Å². The van der Waals surface area contributed by atoms with Crippen LogP contribution < -0.4 is 9.80 Å². The van der Waals surface area contributed by atoms with Gasteiger partial charge in [0, 0.05) is 50.7 Å². The standard InChI is InChI=1S/C67H64N4S/c1-9-44-67(8,55-26-10-47(6)11-27-55)56-28-14-51(15-29-56)52-20-36-60(37-21-52)71(59-34-18-50(19-35-59)46(4)5)62-40-24-54(25-41-62)64-43-42-63(65-66(64)69-72-68-65)53-22-38-61(39-23-53)70(57-30-12-48(7)13-31-57)58-32-16-49(17-33-58)45(2)3/h10-43,45-46H,9,44H2,1-8H3. The third-order valence-corrected chi connectivity index (χ3v) is 15.2. The molecular weight excluding hydrogens is 893 g/mol. The van der Waals surface area contributed by atoms with Gasteiger partial charge in [-0.1, -0.05) is 193 Å². The van der Waals surface area contributed by atoms with Gasteiger partial charge in [-0.25, -0.2) is 0 Å². The molecule has 0 aliphatic rings. The molecule has 0 fully saturated rings. The summed E-state index contributed by atoms with van der Waals surface area (Å²) >= 11 is 1.27. The topological polar surface area (TPSA) is 32.3 Å². The summed E-state index contributed by atoms with van der Waals surface area (Å²) in [6.07, 6.45) is 2.21. The molecule has 0 saturated heterocycles. The Hall–Kier alpha value is -7.60. The number of hydrogen-bond donors (Lipinski definition) is 0. The second-order valence-electron chi connectivity index (χ2n) is 20.3. The number of fused-ring (bicyclic) bond motifs is 1. The van der Waals surface area contributed by atoms with Gasteiger partial charge in [0.05, 0.1) is 11.7 Å². The van der Waals surface area contributed by atoms with Gasteiger partial charge in [0.15, 0.2) is 0 Å². The molecule has 0 N–H and O–H groups in total. The first-order valence-electron chi connectivity index (χ1n) is 25.6. The Morgan fingerprint density at radius 2 is 0.681 bits per heavy atom. The first-order chi connectivity index (χ1) is 35.0. The molecular formula is C67H64N4S. The lowest BCUT2D eigenvalue weighted by Gasteiger charge is -2.31. The summed E-state index contributed by atoms with van der Waals surface area (Å²) in [5.74, 6) is 0.921. The van der Waals surface area contributed by atoms with Crippen molar-refractivity contribution in [3.05, 3.63) is 240 Å². The third-order valence-electron chi connectivity index (χ3n) is 14.6. The van der Waals surface area contributed by atoms with E-state index in [4.69, 9.17) is 8.75 Å². The summed E-state index contributed by atoms with van der Waals surface area (Å²) in [5, 5.41) is 0. The van der Waals surface area contributed by atoms with Gasteiger partial charge in [-0.05, 0) is 149 Å².